The van der Waals surface area contributed by atoms with E-state index >= 15 is 0 Å². The zero-order chi connectivity index (χ0) is 31.5. The first-order chi connectivity index (χ1) is 21.8. The van der Waals surface area contributed by atoms with E-state index < -0.39 is 24.9 Å². The molecule has 19 heteroatoms. The van der Waals surface area contributed by atoms with Gasteiger partial charge in [-0.05, 0) is 49.0 Å². The van der Waals surface area contributed by atoms with E-state index in [0.29, 0.717) is 6.54 Å². The number of likely N-dealkylation sites (tertiary alicyclic amines) is 1. The van der Waals surface area contributed by atoms with Crippen molar-refractivity contribution in [3.63, 3.8) is 0 Å². The Kier molecular flexibility index (Phi) is 8.52. The molecule has 0 saturated carbocycles. The third-order valence-electron chi connectivity index (χ3n) is 7.00. The molecule has 1 fully saturated rings. The number of nitrogens with two attached hydrogens (primary N) is 1. The molecule has 236 valence electrons. The van der Waals surface area contributed by atoms with Crippen molar-refractivity contribution in [3.8, 4) is 22.8 Å². The molecule has 1 amide bonds. The number of H-pyrrole nitrogens is 1. The fourth-order valence-corrected chi connectivity index (χ4v) is 4.90. The largest absolute Gasteiger partial charge is 0.435 e. The molecule has 45 heavy (non-hydrogen) atoms. The van der Waals surface area contributed by atoms with Gasteiger partial charge in [0.1, 0.15) is 22.8 Å². The van der Waals surface area contributed by atoms with E-state index in [0.717, 1.165) is 44.3 Å². The van der Waals surface area contributed by atoms with Crippen LogP contribution in [0.5, 0.6) is 11.5 Å². The molecule has 0 unspecified atom stereocenters. The van der Waals surface area contributed by atoms with Crippen molar-refractivity contribution in [2.75, 3.05) is 31.5 Å². The topological polar surface area (TPSA) is 179 Å². The number of hydrogen-bond donors (Lipinski definition) is 3. The number of aromatic nitrogens is 9. The van der Waals surface area contributed by atoms with E-state index in [-0.39, 0.29) is 57.9 Å². The fourth-order valence-electron chi connectivity index (χ4n) is 4.90. The number of carbonyl (C=O) groups is 1. The molecule has 1 aliphatic heterocycles. The second kappa shape index (κ2) is 12.8. The van der Waals surface area contributed by atoms with Crippen LogP contribution in [-0.2, 0) is 6.42 Å². The monoisotopic (exact) mass is 630 g/mol. The molecule has 1 saturated heterocycles. The summed E-state index contributed by atoms with van der Waals surface area (Å²) in [4.78, 5) is 21.4. The van der Waals surface area contributed by atoms with Crippen molar-refractivity contribution in [3.05, 3.63) is 59.9 Å². The third kappa shape index (κ3) is 6.53. The summed E-state index contributed by atoms with van der Waals surface area (Å²) in [5.41, 5.74) is 5.97. The Labute approximate surface area is 251 Å². The van der Waals surface area contributed by atoms with E-state index in [2.05, 4.69) is 55.4 Å². The van der Waals surface area contributed by atoms with Crippen LogP contribution in [0.4, 0.5) is 23.2 Å². The quantitative estimate of drug-likeness (QED) is 0.163. The molecular formula is C26H26F4N12O3. The first kappa shape index (κ1) is 29.9. The summed E-state index contributed by atoms with van der Waals surface area (Å²) in [5.74, 6) is -1.13. The van der Waals surface area contributed by atoms with E-state index in [1.807, 2.05) is 0 Å². The summed E-state index contributed by atoms with van der Waals surface area (Å²) in [6.07, 6.45) is 5.26. The molecule has 0 atom stereocenters. The van der Waals surface area contributed by atoms with Crippen LogP contribution in [0.2, 0.25) is 0 Å². The number of rotatable bonds is 13. The van der Waals surface area contributed by atoms with Gasteiger partial charge in [0.05, 0.1) is 35.6 Å². The van der Waals surface area contributed by atoms with Crippen LogP contribution in [0.3, 0.4) is 0 Å². The minimum absolute atomic E-state index is 0.0164. The van der Waals surface area contributed by atoms with Crippen molar-refractivity contribution in [1.82, 2.24) is 49.9 Å². The Bertz CT molecular complexity index is 1790. The Hall–Kier alpha value is -5.17. The highest BCUT2D eigenvalue weighted by molar-refractivity contribution is 6.10. The Balaban J connectivity index is 1.34. The third-order valence-corrected chi connectivity index (χ3v) is 7.00. The minimum Gasteiger partial charge on any atom is -0.435 e. The lowest BCUT2D eigenvalue weighted by Gasteiger charge is -2.37. The molecule has 5 heterocycles. The van der Waals surface area contributed by atoms with Crippen LogP contribution in [0.1, 0.15) is 34.3 Å². The van der Waals surface area contributed by atoms with Crippen LogP contribution in [0.25, 0.3) is 16.9 Å². The van der Waals surface area contributed by atoms with Crippen molar-refractivity contribution < 1.29 is 31.8 Å². The van der Waals surface area contributed by atoms with Gasteiger partial charge in [0.2, 0.25) is 0 Å². The van der Waals surface area contributed by atoms with Crippen molar-refractivity contribution >= 4 is 17.2 Å². The van der Waals surface area contributed by atoms with Gasteiger partial charge in [-0.1, -0.05) is 0 Å². The van der Waals surface area contributed by atoms with E-state index in [4.69, 9.17) is 5.73 Å². The van der Waals surface area contributed by atoms with Gasteiger partial charge in [0, 0.05) is 25.5 Å². The number of alkyl halides is 4. The number of tetrazole rings is 1. The molecule has 5 aromatic rings. The lowest BCUT2D eigenvalue weighted by atomic mass is 10.1. The average Bonchev–Trinajstić information content (AvgIpc) is 3.72. The number of amides is 1. The SMILES string of the molecule is NCCCN1CC(n2nnc(Cc3[nH]nc(-c4cc(OC(F)F)ccc4OC(F)F)c3NC(=O)c3cnn4cccnc34)n2)C1. The second-order valence-corrected chi connectivity index (χ2v) is 10.00. The number of anilines is 1. The standard InChI is InChI=1S/C26H26F4N12O3/c27-25(28)44-15-3-4-19(45-26(29)30)16(9-15)21-22(34-24(43)17-11-33-41-8-2-6-32-23(17)41)18(35-37-21)10-20-36-39-42(38-20)14-12-40(13-14)7-1-5-31/h2-4,6,8-9,11,14,25-26H,1,5,7,10,12-13,31H2,(H,34,43)(H,35,37). The average molecular weight is 631 g/mol. The molecule has 4 aromatic heterocycles. The maximum Gasteiger partial charge on any atom is 0.387 e. The molecule has 0 bridgehead atoms. The van der Waals surface area contributed by atoms with Gasteiger partial charge in [0.15, 0.2) is 11.5 Å². The summed E-state index contributed by atoms with van der Waals surface area (Å²) >= 11 is 0. The molecule has 0 spiro atoms. The smallest absolute Gasteiger partial charge is 0.387 e. The zero-order valence-corrected chi connectivity index (χ0v) is 23.4. The lowest BCUT2D eigenvalue weighted by molar-refractivity contribution is -0.0526. The Morgan fingerprint density at radius 3 is 2.78 bits per heavy atom. The summed E-state index contributed by atoms with van der Waals surface area (Å²) in [7, 11) is 0. The highest BCUT2D eigenvalue weighted by Crippen LogP contribution is 2.39. The van der Waals surface area contributed by atoms with Crippen LogP contribution >= 0.6 is 0 Å². The van der Waals surface area contributed by atoms with E-state index in [9.17, 15) is 22.4 Å². The second-order valence-electron chi connectivity index (χ2n) is 10.00. The number of benzene rings is 1. The van der Waals surface area contributed by atoms with Crippen LogP contribution in [-0.4, -0.2) is 95.2 Å². The summed E-state index contributed by atoms with van der Waals surface area (Å²) in [6, 6.07) is 4.79. The molecule has 1 aliphatic rings. The van der Waals surface area contributed by atoms with Gasteiger partial charge in [-0.2, -0.15) is 32.6 Å². The van der Waals surface area contributed by atoms with Gasteiger partial charge >= 0.3 is 13.2 Å². The molecule has 0 aliphatic carbocycles. The van der Waals surface area contributed by atoms with Crippen LogP contribution < -0.4 is 20.5 Å². The maximum atomic E-state index is 13.5. The molecule has 4 N–H and O–H groups in total. The van der Waals surface area contributed by atoms with Crippen LogP contribution in [0.15, 0.2) is 42.9 Å². The Morgan fingerprint density at radius 2 is 2.00 bits per heavy atom. The first-order valence-corrected chi connectivity index (χ1v) is 13.7. The number of nitrogens with one attached hydrogen (secondary N) is 2. The van der Waals surface area contributed by atoms with Gasteiger partial charge < -0.3 is 20.5 Å². The van der Waals surface area contributed by atoms with Gasteiger partial charge in [-0.15, -0.1) is 10.2 Å². The van der Waals surface area contributed by atoms with Crippen LogP contribution in [0, 0.1) is 0 Å². The number of aromatic amines is 1. The van der Waals surface area contributed by atoms with Gasteiger partial charge in [0.25, 0.3) is 5.91 Å². The fraction of sp³-hybridized carbons (Fsp3) is 0.346. The van der Waals surface area contributed by atoms with Crippen molar-refractivity contribution in [2.24, 2.45) is 5.73 Å². The first-order valence-electron chi connectivity index (χ1n) is 13.7. The predicted molar refractivity (Wildman–Crippen MR) is 148 cm³/mol. The summed E-state index contributed by atoms with van der Waals surface area (Å²) in [6.45, 7) is -3.48. The lowest BCUT2D eigenvalue weighted by Crippen LogP contribution is -2.48. The molecular weight excluding hydrogens is 604 g/mol. The van der Waals surface area contributed by atoms with Crippen molar-refractivity contribution in [1.29, 1.82) is 0 Å². The Morgan fingerprint density at radius 1 is 1.18 bits per heavy atom. The van der Waals surface area contributed by atoms with Crippen molar-refractivity contribution in [2.45, 2.75) is 32.1 Å². The zero-order valence-electron chi connectivity index (χ0n) is 23.4. The summed E-state index contributed by atoms with van der Waals surface area (Å²) < 4.78 is 63.2. The minimum atomic E-state index is -3.25. The maximum absolute atomic E-state index is 13.5. The predicted octanol–water partition coefficient (Wildman–Crippen LogP) is 2.36. The number of nitrogens with zero attached hydrogens (tertiary/aromatic N) is 9. The number of carbonyl (C=O) groups excluding carboxylic acids is 1. The highest BCUT2D eigenvalue weighted by atomic mass is 19.3. The molecule has 0 radical (unpaired) electrons. The summed E-state index contributed by atoms with van der Waals surface area (Å²) in [5, 5.41) is 26.6. The molecule has 6 rings (SSSR count). The number of halogens is 4. The number of hydrogen-bond acceptors (Lipinski definition) is 11. The van der Waals surface area contributed by atoms with E-state index in [1.54, 1.807) is 12.3 Å². The van der Waals surface area contributed by atoms with Gasteiger partial charge in [-0.25, -0.2) is 9.50 Å². The normalized spacial score (nSPS) is 13.9. The molecule has 15 nitrogen and oxygen atoms in total. The van der Waals surface area contributed by atoms with Gasteiger partial charge in [-0.3, -0.25) is 14.8 Å². The highest BCUT2D eigenvalue weighted by Gasteiger charge is 2.30. The molecule has 1 aromatic carbocycles. The van der Waals surface area contributed by atoms with E-state index in [1.165, 1.54) is 21.7 Å². The number of ether oxygens (including phenoxy) is 2. The number of fused-ring (bicyclic) bond motifs is 1.